The molecule has 0 saturated carbocycles. The zero-order chi connectivity index (χ0) is 10.3. The smallest absolute Gasteiger partial charge is 0.147 e. The molecule has 0 saturated heterocycles. The maximum atomic E-state index is 8.69. The average molecular weight is 169 g/mol. The van der Waals surface area contributed by atoms with Crippen molar-refractivity contribution in [2.45, 2.75) is 6.92 Å². The Morgan fingerprint density at radius 2 is 1.69 bits per heavy atom. The van der Waals surface area contributed by atoms with E-state index in [1.54, 1.807) is 31.2 Å². The van der Waals surface area contributed by atoms with Crippen LogP contribution < -0.4 is 0 Å². The second-order valence-corrected chi connectivity index (χ2v) is 2.03. The lowest BCUT2D eigenvalue weighted by Crippen LogP contribution is -1.88. The topological polar surface area (TPSA) is 71.4 Å². The van der Waals surface area contributed by atoms with Crippen molar-refractivity contribution in [2.24, 2.45) is 0 Å². The molecule has 0 aliphatic rings. The fourth-order valence-electron chi connectivity index (χ4n) is 0.766. The summed E-state index contributed by atoms with van der Waals surface area (Å²) in [4.78, 5) is 0. The van der Waals surface area contributed by atoms with Gasteiger partial charge in [0, 0.05) is 0 Å². The third-order valence-corrected chi connectivity index (χ3v) is 1.41. The summed E-state index contributed by atoms with van der Waals surface area (Å²) in [5.41, 5.74) is 0.388. The van der Waals surface area contributed by atoms with E-state index in [2.05, 4.69) is 6.58 Å². The van der Waals surface area contributed by atoms with E-state index in [0.717, 1.165) is 0 Å². The van der Waals surface area contributed by atoms with Gasteiger partial charge in [0.1, 0.15) is 23.8 Å². The molecule has 3 heteroatoms. The second-order valence-electron chi connectivity index (χ2n) is 2.03. The second kappa shape index (κ2) is 5.35. The Balaban J connectivity index is 5.56. The average Bonchev–Trinajstić information content (AvgIpc) is 2.18. The Kier molecular flexibility index (Phi) is 4.40. The molecule has 0 bridgehead atoms. The molecule has 0 aliphatic heterocycles. The van der Waals surface area contributed by atoms with Crippen molar-refractivity contribution in [3.8, 4) is 18.2 Å². The van der Waals surface area contributed by atoms with E-state index < -0.39 is 0 Å². The van der Waals surface area contributed by atoms with E-state index in [1.165, 1.54) is 6.08 Å². The number of hydrogen-bond donors (Lipinski definition) is 0. The molecule has 0 aliphatic carbocycles. The molecule has 0 N–H and O–H groups in total. The van der Waals surface area contributed by atoms with E-state index in [9.17, 15) is 0 Å². The molecular formula is C10H7N3. The fraction of sp³-hybridized carbons (Fsp3) is 0.100. The third kappa shape index (κ3) is 2.33. The number of allylic oxidation sites excluding steroid dienone is 5. The molecular weight excluding hydrogens is 162 g/mol. The highest BCUT2D eigenvalue weighted by atomic mass is 14.3. The molecule has 0 atom stereocenters. The van der Waals surface area contributed by atoms with Crippen molar-refractivity contribution in [1.29, 1.82) is 15.8 Å². The highest BCUT2D eigenvalue weighted by Crippen LogP contribution is 2.14. The summed E-state index contributed by atoms with van der Waals surface area (Å²) in [6.45, 7) is 5.19. The van der Waals surface area contributed by atoms with Gasteiger partial charge < -0.3 is 0 Å². The summed E-state index contributed by atoms with van der Waals surface area (Å²) in [6, 6.07) is 5.12. The van der Waals surface area contributed by atoms with Gasteiger partial charge >= 0.3 is 0 Å². The van der Waals surface area contributed by atoms with E-state index in [1.807, 2.05) is 0 Å². The maximum Gasteiger partial charge on any atom is 0.147 e. The van der Waals surface area contributed by atoms with E-state index in [0.29, 0.717) is 5.57 Å². The Hall–Kier alpha value is -2.31. The van der Waals surface area contributed by atoms with Crippen LogP contribution in [0.15, 0.2) is 35.5 Å². The van der Waals surface area contributed by atoms with E-state index >= 15 is 0 Å². The van der Waals surface area contributed by atoms with Crippen LogP contribution in [0.4, 0.5) is 0 Å². The Labute approximate surface area is 77.1 Å². The van der Waals surface area contributed by atoms with Crippen LogP contribution in [0.2, 0.25) is 0 Å². The summed E-state index contributed by atoms with van der Waals surface area (Å²) in [7, 11) is 0. The molecule has 0 aromatic rings. The molecule has 0 unspecified atom stereocenters. The number of nitrogens with zero attached hydrogens (tertiary/aromatic N) is 3. The SMILES string of the molecule is C=CC(=CC)C(C#N)=C(C#N)C#N. The molecule has 0 aromatic carbocycles. The van der Waals surface area contributed by atoms with Crippen LogP contribution in [0, 0.1) is 34.0 Å². The van der Waals surface area contributed by atoms with Gasteiger partial charge in [-0.3, -0.25) is 0 Å². The number of rotatable bonds is 2. The van der Waals surface area contributed by atoms with Gasteiger partial charge in [0.25, 0.3) is 0 Å². The first kappa shape index (κ1) is 10.7. The molecule has 13 heavy (non-hydrogen) atoms. The first-order chi connectivity index (χ1) is 6.24. The minimum atomic E-state index is -0.185. The van der Waals surface area contributed by atoms with Crippen LogP contribution in [-0.4, -0.2) is 0 Å². The van der Waals surface area contributed by atoms with Crippen LogP contribution >= 0.6 is 0 Å². The first-order valence-corrected chi connectivity index (χ1v) is 3.48. The predicted molar refractivity (Wildman–Crippen MR) is 47.8 cm³/mol. The zero-order valence-corrected chi connectivity index (χ0v) is 7.20. The largest absolute Gasteiger partial charge is 0.192 e. The van der Waals surface area contributed by atoms with Gasteiger partial charge in [0.2, 0.25) is 0 Å². The van der Waals surface area contributed by atoms with Crippen molar-refractivity contribution in [3.63, 3.8) is 0 Å². The number of hydrogen-bond acceptors (Lipinski definition) is 3. The van der Waals surface area contributed by atoms with Gasteiger partial charge in [-0.25, -0.2) is 0 Å². The van der Waals surface area contributed by atoms with Crippen molar-refractivity contribution in [1.82, 2.24) is 0 Å². The Morgan fingerprint density at radius 1 is 1.15 bits per heavy atom. The lowest BCUT2D eigenvalue weighted by Gasteiger charge is -1.96. The summed E-state index contributed by atoms with van der Waals surface area (Å²) in [5.74, 6) is 0. The van der Waals surface area contributed by atoms with Gasteiger partial charge in [-0.2, -0.15) is 15.8 Å². The minimum Gasteiger partial charge on any atom is -0.192 e. The zero-order valence-electron chi connectivity index (χ0n) is 7.20. The van der Waals surface area contributed by atoms with Gasteiger partial charge in [-0.15, -0.1) is 0 Å². The fourth-order valence-corrected chi connectivity index (χ4v) is 0.766. The lowest BCUT2D eigenvalue weighted by molar-refractivity contribution is 1.39. The molecule has 0 spiro atoms. The molecule has 0 fully saturated rings. The van der Waals surface area contributed by atoms with E-state index in [-0.39, 0.29) is 11.1 Å². The summed E-state index contributed by atoms with van der Waals surface area (Å²) < 4.78 is 0. The highest BCUT2D eigenvalue weighted by Gasteiger charge is 2.07. The quantitative estimate of drug-likeness (QED) is 0.468. The molecule has 3 nitrogen and oxygen atoms in total. The lowest BCUT2D eigenvalue weighted by atomic mass is 10.0. The molecule has 62 valence electrons. The van der Waals surface area contributed by atoms with E-state index in [4.69, 9.17) is 15.8 Å². The van der Waals surface area contributed by atoms with Crippen molar-refractivity contribution in [2.75, 3.05) is 0 Å². The van der Waals surface area contributed by atoms with Crippen LogP contribution in [-0.2, 0) is 0 Å². The van der Waals surface area contributed by atoms with Crippen LogP contribution in [0.1, 0.15) is 6.92 Å². The first-order valence-electron chi connectivity index (χ1n) is 3.48. The Bertz CT molecular complexity index is 375. The van der Waals surface area contributed by atoms with Crippen molar-refractivity contribution >= 4 is 0 Å². The molecule has 0 rings (SSSR count). The normalized spacial score (nSPS) is 8.92. The van der Waals surface area contributed by atoms with Crippen molar-refractivity contribution in [3.05, 3.63) is 35.5 Å². The summed E-state index contributed by atoms with van der Waals surface area (Å²) in [5, 5.41) is 25.7. The van der Waals surface area contributed by atoms with Gasteiger partial charge in [-0.05, 0) is 12.5 Å². The molecule has 0 aromatic heterocycles. The van der Waals surface area contributed by atoms with Gasteiger partial charge in [-0.1, -0.05) is 18.7 Å². The monoisotopic (exact) mass is 169 g/mol. The highest BCUT2D eigenvalue weighted by molar-refractivity contribution is 5.58. The molecule has 0 radical (unpaired) electrons. The number of nitriles is 3. The van der Waals surface area contributed by atoms with Crippen LogP contribution in [0.3, 0.4) is 0 Å². The Morgan fingerprint density at radius 3 is 1.92 bits per heavy atom. The molecule has 0 amide bonds. The minimum absolute atomic E-state index is 0.0718. The maximum absolute atomic E-state index is 8.69. The third-order valence-electron chi connectivity index (χ3n) is 1.41. The van der Waals surface area contributed by atoms with Crippen LogP contribution in [0.5, 0.6) is 0 Å². The summed E-state index contributed by atoms with van der Waals surface area (Å²) in [6.07, 6.45) is 3.06. The molecule has 0 heterocycles. The van der Waals surface area contributed by atoms with Crippen molar-refractivity contribution < 1.29 is 0 Å². The van der Waals surface area contributed by atoms with Crippen LogP contribution in [0.25, 0.3) is 0 Å². The predicted octanol–water partition coefficient (Wildman–Crippen LogP) is 1.99. The van der Waals surface area contributed by atoms with Gasteiger partial charge in [0.05, 0.1) is 5.57 Å². The summed E-state index contributed by atoms with van der Waals surface area (Å²) >= 11 is 0. The van der Waals surface area contributed by atoms with Gasteiger partial charge in [0.15, 0.2) is 0 Å². The standard InChI is InChI=1S/C10H7N3/c1-3-8(4-2)10(7-13)9(5-11)6-12/h3-4H,1H2,2H3.